The third kappa shape index (κ3) is 4.58. The third-order valence-electron chi connectivity index (χ3n) is 3.47. The molecule has 1 aliphatic rings. The van der Waals surface area contributed by atoms with E-state index in [-0.39, 0.29) is 29.4 Å². The molecule has 26 heavy (non-hydrogen) atoms. The van der Waals surface area contributed by atoms with Crippen LogP contribution in [0.5, 0.6) is 11.5 Å². The van der Waals surface area contributed by atoms with Crippen molar-refractivity contribution >= 4 is 12.0 Å². The molecular weight excluding hydrogens is 357 g/mol. The zero-order chi connectivity index (χ0) is 19.5. The Morgan fingerprint density at radius 2 is 2.04 bits per heavy atom. The summed E-state index contributed by atoms with van der Waals surface area (Å²) in [5, 5.41) is 14.5. The van der Waals surface area contributed by atoms with Crippen LogP contribution in [0.15, 0.2) is 29.5 Å². The Labute approximate surface area is 146 Å². The number of alkyl halides is 3. The summed E-state index contributed by atoms with van der Waals surface area (Å²) in [7, 11) is 0. The summed E-state index contributed by atoms with van der Waals surface area (Å²) in [6.07, 6.45) is -4.67. The minimum Gasteiger partial charge on any atom is -0.504 e. The molecule has 0 saturated heterocycles. The predicted octanol–water partition coefficient (Wildman–Crippen LogP) is 2.52. The maximum Gasteiger partial charge on any atom is 0.422 e. The summed E-state index contributed by atoms with van der Waals surface area (Å²) in [6, 6.07) is 2.40. The molecule has 0 spiro atoms. The first-order chi connectivity index (χ1) is 12.1. The van der Waals surface area contributed by atoms with Crippen molar-refractivity contribution in [3.8, 4) is 11.5 Å². The Morgan fingerprint density at radius 1 is 1.35 bits per heavy atom. The van der Waals surface area contributed by atoms with E-state index >= 15 is 0 Å². The van der Waals surface area contributed by atoms with Gasteiger partial charge in [-0.2, -0.15) is 13.2 Å². The number of esters is 1. The molecule has 1 heterocycles. The van der Waals surface area contributed by atoms with Gasteiger partial charge in [0.1, 0.15) is 0 Å². The van der Waals surface area contributed by atoms with Gasteiger partial charge in [-0.15, -0.1) is 0 Å². The topological polar surface area (TPSA) is 96.9 Å². The Hall–Kier alpha value is -2.91. The van der Waals surface area contributed by atoms with E-state index in [2.05, 4.69) is 15.4 Å². The molecule has 0 radical (unpaired) electrons. The van der Waals surface area contributed by atoms with Gasteiger partial charge >= 0.3 is 18.2 Å². The first kappa shape index (κ1) is 19.4. The van der Waals surface area contributed by atoms with Gasteiger partial charge in [0.25, 0.3) is 0 Å². The number of hydrogen-bond acceptors (Lipinski definition) is 5. The van der Waals surface area contributed by atoms with Gasteiger partial charge in [-0.05, 0) is 31.5 Å². The summed E-state index contributed by atoms with van der Waals surface area (Å²) in [5.41, 5.74) is 0.221. The Bertz CT molecular complexity index is 746. The lowest BCUT2D eigenvalue weighted by Gasteiger charge is -2.28. The number of amides is 2. The lowest BCUT2D eigenvalue weighted by molar-refractivity contribution is -0.183. The minimum atomic E-state index is -4.67. The summed E-state index contributed by atoms with van der Waals surface area (Å²) >= 11 is 0. The monoisotopic (exact) mass is 374 g/mol. The van der Waals surface area contributed by atoms with Crippen LogP contribution in [0.4, 0.5) is 18.0 Å². The second-order valence-corrected chi connectivity index (χ2v) is 5.42. The standard InChI is InChI=1S/C16H17F3N2O5/c1-3-25-11-6-9(4-5-10(11)22)13-12(8(2)20-15(24)21-13)14(23)26-7-16(17,18)19/h4-6,13,22H,3,7H2,1-2H3,(H2,20,21,24). The van der Waals surface area contributed by atoms with E-state index in [1.54, 1.807) is 6.92 Å². The molecule has 1 aliphatic heterocycles. The molecule has 0 aliphatic carbocycles. The fraction of sp³-hybridized carbons (Fsp3) is 0.375. The largest absolute Gasteiger partial charge is 0.504 e. The van der Waals surface area contributed by atoms with E-state index in [0.29, 0.717) is 5.56 Å². The number of allylic oxidation sites excluding steroid dienone is 1. The van der Waals surface area contributed by atoms with Crippen LogP contribution in [-0.4, -0.2) is 36.5 Å². The number of phenolic OH excluding ortho intramolecular Hbond substituents is 1. The van der Waals surface area contributed by atoms with Gasteiger partial charge in [-0.25, -0.2) is 9.59 Å². The second-order valence-electron chi connectivity index (χ2n) is 5.42. The molecule has 2 rings (SSSR count). The summed E-state index contributed by atoms with van der Waals surface area (Å²) in [6.45, 7) is 1.58. The fourth-order valence-corrected chi connectivity index (χ4v) is 2.42. The first-order valence-corrected chi connectivity index (χ1v) is 7.60. The summed E-state index contributed by atoms with van der Waals surface area (Å²) < 4.78 is 46.5. The molecular formula is C16H17F3N2O5. The Kier molecular flexibility index (Phi) is 5.63. The quantitative estimate of drug-likeness (QED) is 0.688. The van der Waals surface area contributed by atoms with Crippen LogP contribution in [0, 0.1) is 0 Å². The number of benzene rings is 1. The molecule has 0 bridgehead atoms. The van der Waals surface area contributed by atoms with Crippen LogP contribution < -0.4 is 15.4 Å². The summed E-state index contributed by atoms with van der Waals surface area (Å²) in [5.74, 6) is -1.26. The Balaban J connectivity index is 2.38. The predicted molar refractivity (Wildman–Crippen MR) is 83.4 cm³/mol. The van der Waals surface area contributed by atoms with E-state index in [1.807, 2.05) is 0 Å². The Morgan fingerprint density at radius 3 is 2.65 bits per heavy atom. The number of aromatic hydroxyl groups is 1. The highest BCUT2D eigenvalue weighted by Gasteiger charge is 2.35. The van der Waals surface area contributed by atoms with Crippen LogP contribution in [0.1, 0.15) is 25.5 Å². The van der Waals surface area contributed by atoms with E-state index in [4.69, 9.17) is 4.74 Å². The lowest BCUT2D eigenvalue weighted by atomic mass is 9.95. The number of halogens is 3. The molecule has 0 fully saturated rings. The van der Waals surface area contributed by atoms with Gasteiger partial charge in [-0.1, -0.05) is 6.07 Å². The van der Waals surface area contributed by atoms with Crippen molar-refractivity contribution in [2.45, 2.75) is 26.1 Å². The van der Waals surface area contributed by atoms with Crippen molar-refractivity contribution in [1.29, 1.82) is 0 Å². The second kappa shape index (κ2) is 7.54. The molecule has 7 nitrogen and oxygen atoms in total. The van der Waals surface area contributed by atoms with Gasteiger partial charge < -0.3 is 25.2 Å². The zero-order valence-electron chi connectivity index (χ0n) is 13.9. The number of carbonyl (C=O) groups excluding carboxylic acids is 2. The number of rotatable bonds is 5. The zero-order valence-corrected chi connectivity index (χ0v) is 13.9. The van der Waals surface area contributed by atoms with Gasteiger partial charge in [0.05, 0.1) is 18.2 Å². The van der Waals surface area contributed by atoms with Crippen LogP contribution in [0.25, 0.3) is 0 Å². The molecule has 0 aromatic heterocycles. The fourth-order valence-electron chi connectivity index (χ4n) is 2.42. The molecule has 3 N–H and O–H groups in total. The van der Waals surface area contributed by atoms with Crippen LogP contribution >= 0.6 is 0 Å². The van der Waals surface area contributed by atoms with Crippen LogP contribution in [-0.2, 0) is 9.53 Å². The number of hydrogen-bond donors (Lipinski definition) is 3. The van der Waals surface area contributed by atoms with Crippen molar-refractivity contribution in [1.82, 2.24) is 10.6 Å². The van der Waals surface area contributed by atoms with E-state index in [9.17, 15) is 27.9 Å². The first-order valence-electron chi connectivity index (χ1n) is 7.60. The molecule has 1 unspecified atom stereocenters. The lowest BCUT2D eigenvalue weighted by Crippen LogP contribution is -2.45. The molecule has 2 amide bonds. The molecule has 10 heteroatoms. The SMILES string of the molecule is CCOc1cc(C2NC(=O)NC(C)=C2C(=O)OCC(F)(F)F)ccc1O. The van der Waals surface area contributed by atoms with Crippen molar-refractivity contribution in [2.75, 3.05) is 13.2 Å². The normalized spacial score (nSPS) is 17.4. The van der Waals surface area contributed by atoms with Gasteiger partial charge in [0, 0.05) is 5.70 Å². The summed E-state index contributed by atoms with van der Waals surface area (Å²) in [4.78, 5) is 23.9. The van der Waals surface area contributed by atoms with E-state index < -0.39 is 30.8 Å². The highest BCUT2D eigenvalue weighted by molar-refractivity contribution is 5.95. The maximum absolute atomic E-state index is 12.3. The smallest absolute Gasteiger partial charge is 0.422 e. The number of nitrogens with one attached hydrogen (secondary N) is 2. The average molecular weight is 374 g/mol. The number of ether oxygens (including phenoxy) is 2. The molecule has 142 valence electrons. The average Bonchev–Trinajstić information content (AvgIpc) is 2.53. The van der Waals surface area contributed by atoms with Crippen molar-refractivity contribution < 1.29 is 37.3 Å². The number of carbonyl (C=O) groups is 2. The van der Waals surface area contributed by atoms with E-state index in [0.717, 1.165) is 0 Å². The number of phenols is 1. The third-order valence-corrected chi connectivity index (χ3v) is 3.47. The van der Waals surface area contributed by atoms with Crippen molar-refractivity contribution in [3.05, 3.63) is 35.0 Å². The minimum absolute atomic E-state index is 0.0666. The highest BCUT2D eigenvalue weighted by Crippen LogP contribution is 2.34. The van der Waals surface area contributed by atoms with Crippen molar-refractivity contribution in [3.63, 3.8) is 0 Å². The van der Waals surface area contributed by atoms with Crippen molar-refractivity contribution in [2.24, 2.45) is 0 Å². The molecule has 1 atom stereocenters. The van der Waals surface area contributed by atoms with Gasteiger partial charge in [0.15, 0.2) is 18.1 Å². The molecule has 1 aromatic rings. The highest BCUT2D eigenvalue weighted by atomic mass is 19.4. The number of urea groups is 1. The van der Waals surface area contributed by atoms with Gasteiger partial charge in [0.2, 0.25) is 0 Å². The van der Waals surface area contributed by atoms with Gasteiger partial charge in [-0.3, -0.25) is 0 Å². The maximum atomic E-state index is 12.3. The van der Waals surface area contributed by atoms with Crippen LogP contribution in [0.2, 0.25) is 0 Å². The van der Waals surface area contributed by atoms with Crippen LogP contribution in [0.3, 0.4) is 0 Å². The molecule has 1 aromatic carbocycles. The van der Waals surface area contributed by atoms with E-state index in [1.165, 1.54) is 25.1 Å². The molecule has 0 saturated carbocycles.